The molecule has 3 rings (SSSR count). The number of methoxy groups -OCH3 is 2. The van der Waals surface area contributed by atoms with Crippen molar-refractivity contribution in [2.75, 3.05) is 58.9 Å². The molecule has 0 bridgehead atoms. The zero-order valence-electron chi connectivity index (χ0n) is 17.3. The zero-order chi connectivity index (χ0) is 20.8. The first-order valence-electron chi connectivity index (χ1n) is 9.72. The van der Waals surface area contributed by atoms with Crippen LogP contribution in [0.15, 0.2) is 42.5 Å². The van der Waals surface area contributed by atoms with Gasteiger partial charge in [-0.15, -0.1) is 0 Å². The summed E-state index contributed by atoms with van der Waals surface area (Å²) in [7, 11) is 5.18. The summed E-state index contributed by atoms with van der Waals surface area (Å²) in [6.45, 7) is 3.89. The number of aromatic hydroxyl groups is 1. The van der Waals surface area contributed by atoms with Crippen molar-refractivity contribution in [3.8, 4) is 17.2 Å². The van der Waals surface area contributed by atoms with Gasteiger partial charge in [0.2, 0.25) is 5.91 Å². The van der Waals surface area contributed by atoms with Crippen molar-refractivity contribution in [1.82, 2.24) is 9.80 Å². The summed E-state index contributed by atoms with van der Waals surface area (Å²) >= 11 is 0. The third-order valence-corrected chi connectivity index (χ3v) is 5.18. The van der Waals surface area contributed by atoms with Crippen molar-refractivity contribution < 1.29 is 19.4 Å². The normalized spacial score (nSPS) is 14.2. The second kappa shape index (κ2) is 9.52. The molecule has 1 fully saturated rings. The minimum atomic E-state index is 0.125. The highest BCUT2D eigenvalue weighted by Crippen LogP contribution is 2.31. The van der Waals surface area contributed by atoms with Gasteiger partial charge in [0.25, 0.3) is 0 Å². The van der Waals surface area contributed by atoms with Crippen molar-refractivity contribution in [1.29, 1.82) is 0 Å². The molecule has 0 spiro atoms. The Morgan fingerprint density at radius 2 is 1.72 bits per heavy atom. The third-order valence-electron chi connectivity index (χ3n) is 5.18. The van der Waals surface area contributed by atoms with E-state index < -0.39 is 0 Å². The Morgan fingerprint density at radius 1 is 1.03 bits per heavy atom. The topological polar surface area (TPSA) is 65.5 Å². The maximum atomic E-state index is 12.7. The van der Waals surface area contributed by atoms with Gasteiger partial charge in [-0.05, 0) is 37.4 Å². The van der Waals surface area contributed by atoms with E-state index in [9.17, 15) is 9.90 Å². The summed E-state index contributed by atoms with van der Waals surface area (Å²) in [6.07, 6.45) is 0. The maximum Gasteiger partial charge on any atom is 0.236 e. The molecule has 1 heterocycles. The van der Waals surface area contributed by atoms with Gasteiger partial charge in [-0.3, -0.25) is 9.69 Å². The Kier molecular flexibility index (Phi) is 6.82. The van der Waals surface area contributed by atoms with Crippen LogP contribution < -0.4 is 14.4 Å². The van der Waals surface area contributed by atoms with Gasteiger partial charge < -0.3 is 24.4 Å². The highest BCUT2D eigenvalue weighted by molar-refractivity contribution is 5.78. The molecule has 0 aromatic heterocycles. The van der Waals surface area contributed by atoms with Crippen LogP contribution in [0.1, 0.15) is 5.56 Å². The van der Waals surface area contributed by atoms with Gasteiger partial charge in [0.05, 0.1) is 20.8 Å². The first-order valence-corrected chi connectivity index (χ1v) is 9.72. The van der Waals surface area contributed by atoms with Crippen molar-refractivity contribution in [2.24, 2.45) is 0 Å². The molecular weight excluding hydrogens is 370 g/mol. The number of hydrogen-bond donors (Lipinski definition) is 1. The lowest BCUT2D eigenvalue weighted by Crippen LogP contribution is -2.51. The molecule has 7 nitrogen and oxygen atoms in total. The lowest BCUT2D eigenvalue weighted by molar-refractivity contribution is -0.132. The number of piperazine rings is 1. The molecule has 1 aliphatic rings. The molecule has 0 saturated carbocycles. The van der Waals surface area contributed by atoms with Crippen molar-refractivity contribution in [3.63, 3.8) is 0 Å². The van der Waals surface area contributed by atoms with Gasteiger partial charge >= 0.3 is 0 Å². The predicted octanol–water partition coefficient (Wildman–Crippen LogP) is 2.19. The number of ether oxygens (including phenoxy) is 2. The highest BCUT2D eigenvalue weighted by atomic mass is 16.5. The van der Waals surface area contributed by atoms with E-state index >= 15 is 0 Å². The van der Waals surface area contributed by atoms with Gasteiger partial charge in [0.15, 0.2) is 11.5 Å². The number of phenolic OH excluding ortho intramolecular Hbond substituents is 1. The van der Waals surface area contributed by atoms with Crippen LogP contribution in [0.25, 0.3) is 0 Å². The van der Waals surface area contributed by atoms with Gasteiger partial charge in [-0.25, -0.2) is 0 Å². The SMILES string of the molecule is COc1cccc(CN(C)CC(=O)N2CCN(c3ccc(O)cc3)CC2)c1OC. The fraction of sp³-hybridized carbons (Fsp3) is 0.409. The molecule has 1 saturated heterocycles. The van der Waals surface area contributed by atoms with Crippen LogP contribution in [0, 0.1) is 0 Å². The molecule has 29 heavy (non-hydrogen) atoms. The molecule has 156 valence electrons. The molecule has 2 aromatic carbocycles. The molecule has 2 aromatic rings. The van der Waals surface area contributed by atoms with E-state index in [1.165, 1.54) is 0 Å². The summed E-state index contributed by atoms with van der Waals surface area (Å²) in [4.78, 5) is 18.9. The number of hydrogen-bond acceptors (Lipinski definition) is 6. The van der Waals surface area contributed by atoms with E-state index in [1.54, 1.807) is 26.4 Å². The molecular formula is C22H29N3O4. The smallest absolute Gasteiger partial charge is 0.236 e. The number of nitrogens with zero attached hydrogens (tertiary/aromatic N) is 3. The summed E-state index contributed by atoms with van der Waals surface area (Å²) in [5.74, 6) is 1.78. The number of phenols is 1. The van der Waals surface area contributed by atoms with Crippen molar-refractivity contribution in [3.05, 3.63) is 48.0 Å². The Bertz CT molecular complexity index is 817. The summed E-state index contributed by atoms with van der Waals surface area (Å²) in [6, 6.07) is 13.0. The van der Waals surface area contributed by atoms with Crippen LogP contribution >= 0.6 is 0 Å². The monoisotopic (exact) mass is 399 g/mol. The standard InChI is InChI=1S/C22H29N3O4/c1-23(15-17-5-4-6-20(28-2)22(17)29-3)16-21(27)25-13-11-24(12-14-25)18-7-9-19(26)10-8-18/h4-10,26H,11-16H2,1-3H3. The van der Waals surface area contributed by atoms with Crippen LogP contribution in [0.2, 0.25) is 0 Å². The largest absolute Gasteiger partial charge is 0.508 e. The summed E-state index contributed by atoms with van der Waals surface area (Å²) in [5, 5.41) is 9.43. The molecule has 1 amide bonds. The molecule has 1 N–H and O–H groups in total. The number of carbonyl (C=O) groups excluding carboxylic acids is 1. The zero-order valence-corrected chi connectivity index (χ0v) is 17.3. The Balaban J connectivity index is 1.52. The minimum Gasteiger partial charge on any atom is -0.508 e. The predicted molar refractivity (Wildman–Crippen MR) is 113 cm³/mol. The van der Waals surface area contributed by atoms with Crippen LogP contribution in [0.5, 0.6) is 17.2 Å². The molecule has 0 aliphatic carbocycles. The van der Waals surface area contributed by atoms with Gasteiger partial charge in [0.1, 0.15) is 5.75 Å². The number of para-hydroxylation sites is 1. The average molecular weight is 399 g/mol. The average Bonchev–Trinajstić information content (AvgIpc) is 2.74. The number of amides is 1. The van der Waals surface area contributed by atoms with Crippen LogP contribution in [-0.4, -0.2) is 74.8 Å². The van der Waals surface area contributed by atoms with E-state index in [0.29, 0.717) is 37.7 Å². The van der Waals surface area contributed by atoms with E-state index in [1.807, 2.05) is 47.2 Å². The number of carbonyl (C=O) groups is 1. The van der Waals surface area contributed by atoms with Crippen molar-refractivity contribution in [2.45, 2.75) is 6.54 Å². The van der Waals surface area contributed by atoms with Crippen molar-refractivity contribution >= 4 is 11.6 Å². The quantitative estimate of drug-likeness (QED) is 0.770. The molecule has 0 radical (unpaired) electrons. The van der Waals surface area contributed by atoms with Gasteiger partial charge in [-0.2, -0.15) is 0 Å². The minimum absolute atomic E-state index is 0.125. The fourth-order valence-electron chi connectivity index (χ4n) is 3.63. The number of anilines is 1. The third kappa shape index (κ3) is 5.12. The van der Waals surface area contributed by atoms with E-state index in [-0.39, 0.29) is 11.7 Å². The molecule has 7 heteroatoms. The lowest BCUT2D eigenvalue weighted by atomic mass is 10.1. The summed E-state index contributed by atoms with van der Waals surface area (Å²) < 4.78 is 10.8. The first-order chi connectivity index (χ1) is 14.0. The molecule has 0 atom stereocenters. The van der Waals surface area contributed by atoms with E-state index in [4.69, 9.17) is 9.47 Å². The van der Waals surface area contributed by atoms with E-state index in [2.05, 4.69) is 4.90 Å². The molecule has 1 aliphatic heterocycles. The first kappa shape index (κ1) is 20.8. The van der Waals surface area contributed by atoms with E-state index in [0.717, 1.165) is 24.3 Å². The second-order valence-electron chi connectivity index (χ2n) is 7.21. The number of benzene rings is 2. The van der Waals surface area contributed by atoms with Crippen LogP contribution in [0.4, 0.5) is 5.69 Å². The Morgan fingerprint density at radius 3 is 2.34 bits per heavy atom. The lowest BCUT2D eigenvalue weighted by Gasteiger charge is -2.36. The number of likely N-dealkylation sites (N-methyl/N-ethyl adjacent to an activating group) is 1. The summed E-state index contributed by atoms with van der Waals surface area (Å²) in [5.41, 5.74) is 2.05. The Hall–Kier alpha value is -2.93. The van der Waals surface area contributed by atoms with Gasteiger partial charge in [0, 0.05) is 44.0 Å². The van der Waals surface area contributed by atoms with Crippen LogP contribution in [-0.2, 0) is 11.3 Å². The maximum absolute atomic E-state index is 12.7. The molecule has 0 unspecified atom stereocenters. The number of rotatable bonds is 7. The second-order valence-corrected chi connectivity index (χ2v) is 7.21. The van der Waals surface area contributed by atoms with Gasteiger partial charge in [-0.1, -0.05) is 12.1 Å². The highest BCUT2D eigenvalue weighted by Gasteiger charge is 2.22. The fourth-order valence-corrected chi connectivity index (χ4v) is 3.63. The van der Waals surface area contributed by atoms with Crippen LogP contribution in [0.3, 0.4) is 0 Å². The Labute approximate surface area is 172 Å².